The van der Waals surface area contributed by atoms with E-state index >= 15 is 0 Å². The molecule has 0 saturated heterocycles. The molecule has 1 heterocycles. The van der Waals surface area contributed by atoms with Crippen LogP contribution in [0.15, 0.2) is 5.38 Å². The van der Waals surface area contributed by atoms with Crippen LogP contribution in [0.4, 0.5) is 0 Å². The van der Waals surface area contributed by atoms with Gasteiger partial charge in [-0.2, -0.15) is 0 Å². The molecule has 1 aromatic heterocycles. The van der Waals surface area contributed by atoms with Crippen molar-refractivity contribution >= 4 is 11.3 Å². The van der Waals surface area contributed by atoms with Crippen molar-refractivity contribution in [3.63, 3.8) is 0 Å². The van der Waals surface area contributed by atoms with Crippen molar-refractivity contribution in [3.05, 3.63) is 16.1 Å². The monoisotopic (exact) mass is 252 g/mol. The second-order valence-corrected chi connectivity index (χ2v) is 7.18. The molecule has 0 aliphatic heterocycles. The molecule has 2 nitrogen and oxygen atoms in total. The second-order valence-electron chi connectivity index (χ2n) is 6.24. The highest BCUT2D eigenvalue weighted by Crippen LogP contribution is 2.29. The molecule has 0 spiro atoms. The van der Waals surface area contributed by atoms with Crippen molar-refractivity contribution in [1.82, 2.24) is 10.3 Å². The van der Waals surface area contributed by atoms with Crippen LogP contribution >= 0.6 is 11.3 Å². The van der Waals surface area contributed by atoms with Crippen LogP contribution in [0, 0.1) is 5.92 Å². The first-order chi connectivity index (χ1) is 7.97. The fraction of sp³-hybridized carbons (Fsp3) is 0.786. The predicted octanol–water partition coefficient (Wildman–Crippen LogP) is 3.72. The maximum absolute atomic E-state index is 4.71. The average molecular weight is 252 g/mol. The summed E-state index contributed by atoms with van der Waals surface area (Å²) in [5, 5.41) is 7.04. The molecule has 1 saturated carbocycles. The summed E-state index contributed by atoms with van der Waals surface area (Å²) < 4.78 is 0. The van der Waals surface area contributed by atoms with E-state index in [1.165, 1.54) is 30.0 Å². The Morgan fingerprint density at radius 3 is 2.65 bits per heavy atom. The van der Waals surface area contributed by atoms with Crippen LogP contribution in [0.1, 0.15) is 57.7 Å². The Kier molecular flexibility index (Phi) is 3.88. The molecule has 0 bridgehead atoms. The predicted molar refractivity (Wildman–Crippen MR) is 74.5 cm³/mol. The summed E-state index contributed by atoms with van der Waals surface area (Å²) in [6, 6.07) is 0.644. The van der Waals surface area contributed by atoms with Gasteiger partial charge in [0.15, 0.2) is 0 Å². The number of thiazole rings is 1. The third-order valence-corrected chi connectivity index (χ3v) is 4.60. The van der Waals surface area contributed by atoms with Gasteiger partial charge in [-0.05, 0) is 25.7 Å². The van der Waals surface area contributed by atoms with Crippen molar-refractivity contribution in [2.24, 2.45) is 5.92 Å². The topological polar surface area (TPSA) is 24.9 Å². The summed E-state index contributed by atoms with van der Waals surface area (Å²) in [5.74, 6) is 0.900. The molecule has 1 aromatic rings. The first kappa shape index (κ1) is 13.0. The molecule has 1 N–H and O–H groups in total. The van der Waals surface area contributed by atoms with Gasteiger partial charge in [0.1, 0.15) is 5.01 Å². The number of nitrogens with zero attached hydrogens (tertiary/aromatic N) is 1. The zero-order valence-corrected chi connectivity index (χ0v) is 12.2. The van der Waals surface area contributed by atoms with Crippen molar-refractivity contribution in [3.8, 4) is 0 Å². The average Bonchev–Trinajstić information content (AvgIpc) is 2.59. The fourth-order valence-electron chi connectivity index (χ4n) is 2.09. The third kappa shape index (κ3) is 3.29. The quantitative estimate of drug-likeness (QED) is 0.883. The standard InChI is InChI=1S/C14H24N2S/c1-10(11-6-5-7-11)15-8-13-16-12(9-17-13)14(2,3)4/h9-11,15H,5-8H2,1-4H3. The minimum absolute atomic E-state index is 0.175. The molecule has 3 heteroatoms. The SMILES string of the molecule is CC(NCc1nc(C(C)(C)C)cs1)C1CCC1. The van der Waals surface area contributed by atoms with Gasteiger partial charge in [0, 0.05) is 23.4 Å². The van der Waals surface area contributed by atoms with E-state index in [1.807, 2.05) is 0 Å². The highest BCUT2D eigenvalue weighted by Gasteiger charge is 2.23. The van der Waals surface area contributed by atoms with Gasteiger partial charge >= 0.3 is 0 Å². The number of nitrogens with one attached hydrogen (secondary N) is 1. The third-order valence-electron chi connectivity index (χ3n) is 3.75. The van der Waals surface area contributed by atoms with Gasteiger partial charge in [0.05, 0.1) is 5.69 Å². The molecule has 1 fully saturated rings. The molecule has 1 atom stereocenters. The highest BCUT2D eigenvalue weighted by molar-refractivity contribution is 7.09. The van der Waals surface area contributed by atoms with Crippen molar-refractivity contribution < 1.29 is 0 Å². The lowest BCUT2D eigenvalue weighted by atomic mass is 9.80. The molecular weight excluding hydrogens is 228 g/mol. The van der Waals surface area contributed by atoms with Gasteiger partial charge in [-0.15, -0.1) is 11.3 Å². The normalized spacial score (nSPS) is 19.1. The summed E-state index contributed by atoms with van der Waals surface area (Å²) in [5.41, 5.74) is 1.39. The molecular formula is C14H24N2S. The molecule has 1 aliphatic rings. The van der Waals surface area contributed by atoms with E-state index in [0.717, 1.165) is 12.5 Å². The number of rotatable bonds is 4. The van der Waals surface area contributed by atoms with E-state index in [0.29, 0.717) is 6.04 Å². The van der Waals surface area contributed by atoms with Crippen molar-refractivity contribution in [2.45, 2.75) is 65.0 Å². The first-order valence-electron chi connectivity index (χ1n) is 6.65. The Hall–Kier alpha value is -0.410. The summed E-state index contributed by atoms with van der Waals surface area (Å²) in [4.78, 5) is 4.71. The number of hydrogen-bond acceptors (Lipinski definition) is 3. The minimum Gasteiger partial charge on any atom is -0.308 e. The lowest BCUT2D eigenvalue weighted by Gasteiger charge is -2.31. The van der Waals surface area contributed by atoms with Crippen molar-refractivity contribution in [1.29, 1.82) is 0 Å². The van der Waals surface area contributed by atoms with E-state index in [1.54, 1.807) is 11.3 Å². The van der Waals surface area contributed by atoms with Crippen LogP contribution in [0.2, 0.25) is 0 Å². The van der Waals surface area contributed by atoms with Crippen LogP contribution in [0.5, 0.6) is 0 Å². The Morgan fingerprint density at radius 2 is 2.18 bits per heavy atom. The number of aromatic nitrogens is 1. The molecule has 96 valence electrons. The lowest BCUT2D eigenvalue weighted by molar-refractivity contribution is 0.240. The van der Waals surface area contributed by atoms with Crippen LogP contribution < -0.4 is 5.32 Å². The van der Waals surface area contributed by atoms with Crippen molar-refractivity contribution in [2.75, 3.05) is 0 Å². The van der Waals surface area contributed by atoms with Crippen LogP contribution in [-0.4, -0.2) is 11.0 Å². The molecule has 0 aromatic carbocycles. The Bertz CT molecular complexity index is 361. The van der Waals surface area contributed by atoms with Gasteiger partial charge in [-0.3, -0.25) is 0 Å². The Labute approximate surface area is 109 Å². The van der Waals surface area contributed by atoms with Gasteiger partial charge < -0.3 is 5.32 Å². The van der Waals surface area contributed by atoms with Gasteiger partial charge in [-0.1, -0.05) is 27.2 Å². The van der Waals surface area contributed by atoms with E-state index in [4.69, 9.17) is 4.98 Å². The molecule has 2 rings (SSSR count). The minimum atomic E-state index is 0.175. The van der Waals surface area contributed by atoms with E-state index in [-0.39, 0.29) is 5.41 Å². The smallest absolute Gasteiger partial charge is 0.107 e. The zero-order chi connectivity index (χ0) is 12.5. The molecule has 17 heavy (non-hydrogen) atoms. The molecule has 1 unspecified atom stereocenters. The highest BCUT2D eigenvalue weighted by atomic mass is 32.1. The van der Waals surface area contributed by atoms with E-state index < -0.39 is 0 Å². The fourth-order valence-corrected chi connectivity index (χ4v) is 3.06. The summed E-state index contributed by atoms with van der Waals surface area (Å²) in [6.45, 7) is 9.89. The maximum Gasteiger partial charge on any atom is 0.107 e. The van der Waals surface area contributed by atoms with Crippen LogP contribution in [0.25, 0.3) is 0 Å². The maximum atomic E-state index is 4.71. The summed E-state index contributed by atoms with van der Waals surface area (Å²) in [6.07, 6.45) is 4.22. The van der Waals surface area contributed by atoms with Gasteiger partial charge in [0.25, 0.3) is 0 Å². The van der Waals surface area contributed by atoms with E-state index in [9.17, 15) is 0 Å². The lowest BCUT2D eigenvalue weighted by Crippen LogP contribution is -2.36. The summed E-state index contributed by atoms with van der Waals surface area (Å²) in [7, 11) is 0. The Balaban J connectivity index is 1.84. The van der Waals surface area contributed by atoms with E-state index in [2.05, 4.69) is 38.4 Å². The molecule has 0 radical (unpaired) electrons. The first-order valence-corrected chi connectivity index (χ1v) is 7.53. The van der Waals surface area contributed by atoms with Gasteiger partial charge in [-0.25, -0.2) is 4.98 Å². The largest absolute Gasteiger partial charge is 0.308 e. The van der Waals surface area contributed by atoms with Crippen LogP contribution in [0.3, 0.4) is 0 Å². The number of hydrogen-bond donors (Lipinski definition) is 1. The van der Waals surface area contributed by atoms with Crippen LogP contribution in [-0.2, 0) is 12.0 Å². The Morgan fingerprint density at radius 1 is 1.47 bits per heavy atom. The second kappa shape index (κ2) is 5.07. The zero-order valence-electron chi connectivity index (χ0n) is 11.4. The molecule has 0 amide bonds. The van der Waals surface area contributed by atoms with Gasteiger partial charge in [0.2, 0.25) is 0 Å². The molecule has 1 aliphatic carbocycles. The summed E-state index contributed by atoms with van der Waals surface area (Å²) >= 11 is 1.78.